The molecule has 34 heavy (non-hydrogen) atoms. The first kappa shape index (κ1) is 21.2. The monoisotopic (exact) mass is 462 g/mol. The molecule has 0 radical (unpaired) electrons. The summed E-state index contributed by atoms with van der Waals surface area (Å²) in [7, 11) is 2.04. The van der Waals surface area contributed by atoms with Gasteiger partial charge in [0.05, 0.1) is 28.7 Å². The molecule has 4 aliphatic heterocycles. The molecule has 1 spiro atoms. The molecule has 2 N–H and O–H groups in total. The van der Waals surface area contributed by atoms with Crippen molar-refractivity contribution in [2.75, 3.05) is 19.6 Å². The number of piperidine rings is 1. The number of carbonyl (C=O) groups excluding carboxylic acids is 4. The van der Waals surface area contributed by atoms with Crippen LogP contribution in [-0.4, -0.2) is 68.7 Å². The second-order valence-electron chi connectivity index (χ2n) is 9.61. The van der Waals surface area contributed by atoms with Crippen molar-refractivity contribution in [3.63, 3.8) is 0 Å². The van der Waals surface area contributed by atoms with Gasteiger partial charge in [-0.3, -0.25) is 34.3 Å². The van der Waals surface area contributed by atoms with Gasteiger partial charge in [-0.05, 0) is 37.1 Å². The molecule has 0 aliphatic carbocycles. The number of imide groups is 2. The van der Waals surface area contributed by atoms with Gasteiger partial charge in [-0.15, -0.1) is 0 Å². The van der Waals surface area contributed by atoms with Crippen LogP contribution < -0.4 is 10.6 Å². The minimum Gasteiger partial charge on any atom is -0.337 e. The summed E-state index contributed by atoms with van der Waals surface area (Å²) >= 11 is 0. The van der Waals surface area contributed by atoms with Gasteiger partial charge in [0.15, 0.2) is 0 Å². The highest BCUT2D eigenvalue weighted by atomic mass is 16.2. The molecular weight excluding hydrogens is 436 g/mol. The van der Waals surface area contributed by atoms with Gasteiger partial charge in [-0.25, -0.2) is 4.98 Å². The zero-order chi connectivity index (χ0) is 23.6. The molecule has 2 saturated heterocycles. The molecule has 2 fully saturated rings. The third kappa shape index (κ3) is 2.98. The van der Waals surface area contributed by atoms with E-state index in [9.17, 15) is 19.2 Å². The van der Waals surface area contributed by atoms with E-state index >= 15 is 0 Å². The maximum Gasteiger partial charge on any atom is 0.262 e. The highest BCUT2D eigenvalue weighted by Gasteiger charge is 2.48. The standard InChI is InChI=1S/C24H26N6O4/c1-28-13-26-20-17(28)6-9-29(24(20)7-8-25-12-24)11-14-2-3-15-16(10-14)23(34)30(22(15)33)18-4-5-19(31)27-21(18)32/h2-3,10,13,18,25H,4-9,11-12H2,1H3,(H,27,31,32). The molecule has 1 aromatic heterocycles. The molecule has 2 aromatic rings. The van der Waals surface area contributed by atoms with Crippen LogP contribution in [0, 0.1) is 0 Å². The summed E-state index contributed by atoms with van der Waals surface area (Å²) in [6.45, 7) is 3.25. The van der Waals surface area contributed by atoms with Gasteiger partial charge in [-0.1, -0.05) is 6.07 Å². The molecule has 1 aromatic carbocycles. The Hall–Kier alpha value is -3.37. The molecule has 5 heterocycles. The number of carbonyl (C=O) groups is 4. The lowest BCUT2D eigenvalue weighted by Crippen LogP contribution is -2.54. The number of amides is 4. The van der Waals surface area contributed by atoms with E-state index in [1.54, 1.807) is 12.1 Å². The fraction of sp³-hybridized carbons (Fsp3) is 0.458. The summed E-state index contributed by atoms with van der Waals surface area (Å²) in [6.07, 6.45) is 4.01. The van der Waals surface area contributed by atoms with Crippen LogP contribution in [0.1, 0.15) is 56.9 Å². The van der Waals surface area contributed by atoms with E-state index in [1.165, 1.54) is 5.69 Å². The van der Waals surface area contributed by atoms with Crippen molar-refractivity contribution in [3.05, 3.63) is 52.6 Å². The predicted molar refractivity (Wildman–Crippen MR) is 120 cm³/mol. The molecule has 10 nitrogen and oxygen atoms in total. The molecule has 176 valence electrons. The number of hydrogen-bond acceptors (Lipinski definition) is 7. The van der Waals surface area contributed by atoms with Crippen LogP contribution in [0.4, 0.5) is 0 Å². The predicted octanol–water partition coefficient (Wildman–Crippen LogP) is 0.0682. The van der Waals surface area contributed by atoms with Gasteiger partial charge in [0, 0.05) is 45.2 Å². The van der Waals surface area contributed by atoms with Crippen molar-refractivity contribution in [2.45, 2.75) is 43.8 Å². The van der Waals surface area contributed by atoms with E-state index in [2.05, 4.69) is 20.1 Å². The summed E-state index contributed by atoms with van der Waals surface area (Å²) in [5.41, 5.74) is 3.78. The van der Waals surface area contributed by atoms with Gasteiger partial charge in [0.25, 0.3) is 11.8 Å². The number of aromatic nitrogens is 2. The summed E-state index contributed by atoms with van der Waals surface area (Å²) in [4.78, 5) is 58.2. The van der Waals surface area contributed by atoms with Crippen LogP contribution in [0.2, 0.25) is 0 Å². The van der Waals surface area contributed by atoms with Crippen molar-refractivity contribution in [1.29, 1.82) is 0 Å². The Morgan fingerprint density at radius 1 is 1.12 bits per heavy atom. The number of hydrogen-bond donors (Lipinski definition) is 2. The molecule has 4 aliphatic rings. The first-order chi connectivity index (χ1) is 16.4. The molecule has 2 unspecified atom stereocenters. The molecule has 4 amide bonds. The Kier molecular flexibility index (Phi) is 4.72. The first-order valence-electron chi connectivity index (χ1n) is 11.7. The lowest BCUT2D eigenvalue weighted by molar-refractivity contribution is -0.136. The van der Waals surface area contributed by atoms with Crippen LogP contribution in [0.15, 0.2) is 24.5 Å². The summed E-state index contributed by atoms with van der Waals surface area (Å²) in [5.74, 6) is -1.93. The summed E-state index contributed by atoms with van der Waals surface area (Å²) < 4.78 is 2.11. The number of nitrogens with zero attached hydrogens (tertiary/aromatic N) is 4. The van der Waals surface area contributed by atoms with E-state index in [0.29, 0.717) is 17.7 Å². The highest BCUT2D eigenvalue weighted by molar-refractivity contribution is 6.23. The van der Waals surface area contributed by atoms with Gasteiger partial charge < -0.3 is 9.88 Å². The number of nitrogens with one attached hydrogen (secondary N) is 2. The fourth-order valence-corrected chi connectivity index (χ4v) is 5.96. The molecular formula is C24H26N6O4. The summed E-state index contributed by atoms with van der Waals surface area (Å²) in [5, 5.41) is 5.73. The van der Waals surface area contributed by atoms with Crippen LogP contribution in [0.3, 0.4) is 0 Å². The van der Waals surface area contributed by atoms with Crippen molar-refractivity contribution in [2.24, 2.45) is 7.05 Å². The van der Waals surface area contributed by atoms with Crippen molar-refractivity contribution >= 4 is 23.6 Å². The smallest absolute Gasteiger partial charge is 0.262 e. The molecule has 0 bridgehead atoms. The van der Waals surface area contributed by atoms with Gasteiger partial charge in [0.2, 0.25) is 11.8 Å². The first-order valence-corrected chi connectivity index (χ1v) is 11.7. The minimum atomic E-state index is -0.953. The molecule has 0 saturated carbocycles. The maximum atomic E-state index is 13.2. The SMILES string of the molecule is Cn1cnc2c1CCN(Cc1ccc3c(c1)C(=O)N(C1CCC(=O)NC1=O)C3=O)C21CCNC1. The number of imidazole rings is 1. The quantitative estimate of drug-likeness (QED) is 0.620. The van der Waals surface area contributed by atoms with Gasteiger partial charge >= 0.3 is 0 Å². The van der Waals surface area contributed by atoms with Crippen molar-refractivity contribution in [3.8, 4) is 0 Å². The third-order valence-corrected chi connectivity index (χ3v) is 7.73. The molecule has 6 rings (SSSR count). The van der Waals surface area contributed by atoms with Crippen molar-refractivity contribution < 1.29 is 19.2 Å². The second kappa shape index (κ2) is 7.57. The zero-order valence-corrected chi connectivity index (χ0v) is 19.0. The van der Waals surface area contributed by atoms with Gasteiger partial charge in [0.1, 0.15) is 6.04 Å². The van der Waals surface area contributed by atoms with E-state index in [0.717, 1.165) is 48.6 Å². The minimum absolute atomic E-state index is 0.107. The van der Waals surface area contributed by atoms with Crippen LogP contribution in [-0.2, 0) is 35.1 Å². The number of fused-ring (bicyclic) bond motifs is 3. The van der Waals surface area contributed by atoms with Crippen LogP contribution >= 0.6 is 0 Å². The van der Waals surface area contributed by atoms with E-state index in [4.69, 9.17) is 4.98 Å². The Bertz CT molecular complexity index is 1240. The van der Waals surface area contributed by atoms with Crippen LogP contribution in [0.25, 0.3) is 0 Å². The summed E-state index contributed by atoms with van der Waals surface area (Å²) in [6, 6.07) is 4.41. The Balaban J connectivity index is 1.28. The van der Waals surface area contributed by atoms with E-state index in [1.807, 2.05) is 19.4 Å². The topological polar surface area (TPSA) is 117 Å². The third-order valence-electron chi connectivity index (χ3n) is 7.73. The highest BCUT2D eigenvalue weighted by Crippen LogP contribution is 2.40. The van der Waals surface area contributed by atoms with Crippen LogP contribution in [0.5, 0.6) is 0 Å². The maximum absolute atomic E-state index is 13.2. The Morgan fingerprint density at radius 2 is 1.94 bits per heavy atom. The number of aryl methyl sites for hydroxylation is 1. The van der Waals surface area contributed by atoms with E-state index < -0.39 is 23.8 Å². The Labute approximate surface area is 196 Å². The zero-order valence-electron chi connectivity index (χ0n) is 19.0. The van der Waals surface area contributed by atoms with Crippen molar-refractivity contribution in [1.82, 2.24) is 30.0 Å². The lowest BCUT2D eigenvalue weighted by Gasteiger charge is -2.44. The average Bonchev–Trinajstić information content (AvgIpc) is 3.50. The normalized spacial score (nSPS) is 26.9. The molecule has 2 atom stereocenters. The number of rotatable bonds is 3. The lowest BCUT2D eigenvalue weighted by atomic mass is 9.85. The largest absolute Gasteiger partial charge is 0.337 e. The van der Waals surface area contributed by atoms with E-state index in [-0.39, 0.29) is 24.3 Å². The Morgan fingerprint density at radius 3 is 2.71 bits per heavy atom. The second-order valence-corrected chi connectivity index (χ2v) is 9.61. The molecule has 10 heteroatoms. The average molecular weight is 463 g/mol. The number of benzene rings is 1. The van der Waals surface area contributed by atoms with Gasteiger partial charge in [-0.2, -0.15) is 0 Å². The fourth-order valence-electron chi connectivity index (χ4n) is 5.96.